The molecule has 2 rings (SSSR count). The van der Waals surface area contributed by atoms with E-state index in [0.717, 1.165) is 0 Å². The lowest BCUT2D eigenvalue weighted by molar-refractivity contribution is -0.123. The number of carbonyl (C=O) groups is 3. The van der Waals surface area contributed by atoms with Gasteiger partial charge in [0.1, 0.15) is 5.75 Å². The van der Waals surface area contributed by atoms with Gasteiger partial charge in [0.2, 0.25) is 0 Å². The number of rotatable bonds is 8. The Morgan fingerprint density at radius 3 is 2.25 bits per heavy atom. The van der Waals surface area contributed by atoms with Crippen LogP contribution in [0.2, 0.25) is 0 Å². The highest BCUT2D eigenvalue weighted by molar-refractivity contribution is 5.98. The Morgan fingerprint density at radius 1 is 0.964 bits per heavy atom. The number of amides is 1. The van der Waals surface area contributed by atoms with Crippen molar-refractivity contribution >= 4 is 23.3 Å². The second-order valence-corrected chi connectivity index (χ2v) is 6.90. The van der Waals surface area contributed by atoms with Crippen molar-refractivity contribution in [2.45, 2.75) is 33.8 Å². The van der Waals surface area contributed by atoms with Crippen LogP contribution in [-0.2, 0) is 9.53 Å². The second-order valence-electron chi connectivity index (χ2n) is 6.90. The van der Waals surface area contributed by atoms with Gasteiger partial charge in [0.15, 0.2) is 11.9 Å². The topological polar surface area (TPSA) is 81.7 Å². The van der Waals surface area contributed by atoms with Gasteiger partial charge in [-0.3, -0.25) is 9.59 Å². The van der Waals surface area contributed by atoms with E-state index in [1.807, 2.05) is 13.8 Å². The standard InChI is InChI=1S/C22H25NO5/c1-14(2)13-27-20-7-5-6-18(12-20)22(26)28-16(4)21(25)23-19-10-8-17(9-11-19)15(3)24/h5-12,14,16H,13H2,1-4H3,(H,23,25)/t16-/m1/s1. The van der Waals surface area contributed by atoms with Gasteiger partial charge in [-0.2, -0.15) is 0 Å². The highest BCUT2D eigenvalue weighted by Gasteiger charge is 2.19. The van der Waals surface area contributed by atoms with E-state index in [1.165, 1.54) is 13.8 Å². The zero-order valence-electron chi connectivity index (χ0n) is 16.5. The Kier molecular flexibility index (Phi) is 7.32. The van der Waals surface area contributed by atoms with Crippen molar-refractivity contribution in [2.24, 2.45) is 5.92 Å². The van der Waals surface area contributed by atoms with Gasteiger partial charge in [-0.1, -0.05) is 19.9 Å². The molecule has 1 atom stereocenters. The van der Waals surface area contributed by atoms with Gasteiger partial charge in [-0.15, -0.1) is 0 Å². The van der Waals surface area contributed by atoms with Gasteiger partial charge in [0.25, 0.3) is 5.91 Å². The normalized spacial score (nSPS) is 11.6. The molecule has 6 nitrogen and oxygen atoms in total. The summed E-state index contributed by atoms with van der Waals surface area (Å²) in [5.74, 6) is -0.185. The SMILES string of the molecule is CC(=O)c1ccc(NC(=O)[C@@H](C)OC(=O)c2cccc(OCC(C)C)c2)cc1. The highest BCUT2D eigenvalue weighted by Crippen LogP contribution is 2.16. The summed E-state index contributed by atoms with van der Waals surface area (Å²) in [6.45, 7) is 7.58. The summed E-state index contributed by atoms with van der Waals surface area (Å²) in [5.41, 5.74) is 1.38. The van der Waals surface area contributed by atoms with Crippen LogP contribution in [0.1, 0.15) is 48.4 Å². The Balaban J connectivity index is 1.94. The van der Waals surface area contributed by atoms with Crippen LogP contribution in [-0.4, -0.2) is 30.4 Å². The fourth-order valence-corrected chi connectivity index (χ4v) is 2.29. The number of Topliss-reactive ketones (excluding diaryl/α,β-unsaturated/α-hetero) is 1. The first-order valence-corrected chi connectivity index (χ1v) is 9.12. The number of nitrogens with one attached hydrogen (secondary N) is 1. The van der Waals surface area contributed by atoms with E-state index >= 15 is 0 Å². The van der Waals surface area contributed by atoms with Crippen molar-refractivity contribution in [1.82, 2.24) is 0 Å². The maximum atomic E-state index is 12.3. The van der Waals surface area contributed by atoms with Gasteiger partial charge in [0.05, 0.1) is 12.2 Å². The number of esters is 1. The molecule has 1 N–H and O–H groups in total. The van der Waals surface area contributed by atoms with Crippen LogP contribution >= 0.6 is 0 Å². The number of ether oxygens (including phenoxy) is 2. The molecule has 0 heterocycles. The van der Waals surface area contributed by atoms with Crippen LogP contribution in [0.25, 0.3) is 0 Å². The molecular formula is C22H25NO5. The lowest BCUT2D eigenvalue weighted by atomic mass is 10.1. The monoisotopic (exact) mass is 383 g/mol. The van der Waals surface area contributed by atoms with E-state index in [1.54, 1.807) is 48.5 Å². The van der Waals surface area contributed by atoms with E-state index in [0.29, 0.717) is 35.1 Å². The van der Waals surface area contributed by atoms with Crippen molar-refractivity contribution in [1.29, 1.82) is 0 Å². The Morgan fingerprint density at radius 2 is 1.64 bits per heavy atom. The minimum absolute atomic E-state index is 0.0558. The predicted molar refractivity (Wildman–Crippen MR) is 107 cm³/mol. The van der Waals surface area contributed by atoms with Crippen LogP contribution in [0, 0.1) is 5.92 Å². The second kappa shape index (κ2) is 9.69. The van der Waals surface area contributed by atoms with E-state index < -0.39 is 18.0 Å². The lowest BCUT2D eigenvalue weighted by Crippen LogP contribution is -2.30. The molecule has 0 aliphatic carbocycles. The summed E-state index contributed by atoms with van der Waals surface area (Å²) in [7, 11) is 0. The minimum atomic E-state index is -0.986. The van der Waals surface area contributed by atoms with Crippen molar-refractivity contribution in [3.63, 3.8) is 0 Å². The third-order valence-electron chi connectivity index (χ3n) is 3.87. The molecule has 2 aromatic carbocycles. The number of anilines is 1. The van der Waals surface area contributed by atoms with E-state index in [2.05, 4.69) is 5.32 Å². The summed E-state index contributed by atoms with van der Waals surface area (Å²) in [5, 5.41) is 2.66. The summed E-state index contributed by atoms with van der Waals surface area (Å²) in [6, 6.07) is 13.2. The smallest absolute Gasteiger partial charge is 0.339 e. The molecule has 28 heavy (non-hydrogen) atoms. The number of ketones is 1. The molecule has 0 aromatic heterocycles. The third-order valence-corrected chi connectivity index (χ3v) is 3.87. The van der Waals surface area contributed by atoms with Gasteiger partial charge in [-0.05, 0) is 62.2 Å². The van der Waals surface area contributed by atoms with Crippen molar-refractivity contribution in [3.8, 4) is 5.75 Å². The molecule has 0 unspecified atom stereocenters. The third kappa shape index (κ3) is 6.23. The molecule has 0 bridgehead atoms. The molecule has 0 radical (unpaired) electrons. The molecule has 0 fully saturated rings. The van der Waals surface area contributed by atoms with Crippen LogP contribution in [0.3, 0.4) is 0 Å². The van der Waals surface area contributed by atoms with E-state index in [9.17, 15) is 14.4 Å². The highest BCUT2D eigenvalue weighted by atomic mass is 16.5. The molecule has 0 saturated heterocycles. The molecule has 6 heteroatoms. The minimum Gasteiger partial charge on any atom is -0.493 e. The van der Waals surface area contributed by atoms with Crippen LogP contribution in [0.4, 0.5) is 5.69 Å². The molecule has 1 amide bonds. The first-order valence-electron chi connectivity index (χ1n) is 9.12. The quantitative estimate of drug-likeness (QED) is 0.548. The van der Waals surface area contributed by atoms with Gasteiger partial charge < -0.3 is 14.8 Å². The van der Waals surface area contributed by atoms with Gasteiger partial charge >= 0.3 is 5.97 Å². The lowest BCUT2D eigenvalue weighted by Gasteiger charge is -2.14. The van der Waals surface area contributed by atoms with Crippen molar-refractivity contribution in [2.75, 3.05) is 11.9 Å². The maximum absolute atomic E-state index is 12.3. The average molecular weight is 383 g/mol. The molecule has 0 aliphatic rings. The molecule has 148 valence electrons. The van der Waals surface area contributed by atoms with Crippen LogP contribution in [0.15, 0.2) is 48.5 Å². The largest absolute Gasteiger partial charge is 0.493 e. The van der Waals surface area contributed by atoms with E-state index in [-0.39, 0.29) is 5.78 Å². The summed E-state index contributed by atoms with van der Waals surface area (Å²) in [6.07, 6.45) is -0.986. The average Bonchev–Trinajstić information content (AvgIpc) is 2.66. The molecule has 0 saturated carbocycles. The molecule has 0 aliphatic heterocycles. The maximum Gasteiger partial charge on any atom is 0.339 e. The van der Waals surface area contributed by atoms with Crippen molar-refractivity contribution in [3.05, 3.63) is 59.7 Å². The molecular weight excluding hydrogens is 358 g/mol. The Bertz CT molecular complexity index is 842. The number of carbonyl (C=O) groups excluding carboxylic acids is 3. The van der Waals surface area contributed by atoms with Gasteiger partial charge in [-0.25, -0.2) is 4.79 Å². The first-order chi connectivity index (χ1) is 13.3. The summed E-state index contributed by atoms with van der Waals surface area (Å²) >= 11 is 0. The zero-order valence-corrected chi connectivity index (χ0v) is 16.5. The number of hydrogen-bond acceptors (Lipinski definition) is 5. The fourth-order valence-electron chi connectivity index (χ4n) is 2.29. The van der Waals surface area contributed by atoms with Crippen LogP contribution in [0.5, 0.6) is 5.75 Å². The van der Waals surface area contributed by atoms with Crippen molar-refractivity contribution < 1.29 is 23.9 Å². The predicted octanol–water partition coefficient (Wildman–Crippen LogP) is 4.11. The molecule has 0 spiro atoms. The van der Waals surface area contributed by atoms with Gasteiger partial charge in [0, 0.05) is 11.3 Å². The first kappa shape index (κ1) is 21.2. The summed E-state index contributed by atoms with van der Waals surface area (Å²) in [4.78, 5) is 35.9. The number of hydrogen-bond donors (Lipinski definition) is 1. The van der Waals surface area contributed by atoms with E-state index in [4.69, 9.17) is 9.47 Å². The van der Waals surface area contributed by atoms with Crippen LogP contribution < -0.4 is 10.1 Å². The molecule has 2 aromatic rings. The number of benzene rings is 2. The Labute approximate surface area is 164 Å². The zero-order chi connectivity index (χ0) is 20.7. The fraction of sp³-hybridized carbons (Fsp3) is 0.318. The Hall–Kier alpha value is -3.15. The summed E-state index contributed by atoms with van der Waals surface area (Å²) < 4.78 is 10.9.